The molecule has 3 rings (SSSR count). The van der Waals surface area contributed by atoms with E-state index in [1.54, 1.807) is 6.07 Å². The standard InChI is InChI=1S/C30H49N3O6SSi/c1-9-12-24(25-17-23(18-26(34)39-25)36-19-22-13-14-22)31-28(35)30(6)20-40-27(32-30)21(2)33-37-15-10-11-16-38-41(7,8)29(3,4)5/h17-18,22,24H,9-16,19-20H2,1-8H3,(H,31,35)/b33-21+/t24-,30+/m1/s1. The highest BCUT2D eigenvalue weighted by Gasteiger charge is 2.40. The average molecular weight is 608 g/mol. The summed E-state index contributed by atoms with van der Waals surface area (Å²) in [6, 6.07) is 2.62. The molecule has 0 aromatic carbocycles. The van der Waals surface area contributed by atoms with Crippen LogP contribution in [0.2, 0.25) is 18.1 Å². The van der Waals surface area contributed by atoms with Gasteiger partial charge < -0.3 is 23.7 Å². The minimum atomic E-state index is -1.72. The third kappa shape index (κ3) is 9.99. The van der Waals surface area contributed by atoms with Gasteiger partial charge in [-0.1, -0.05) is 39.3 Å². The van der Waals surface area contributed by atoms with Crippen molar-refractivity contribution < 1.29 is 23.2 Å². The van der Waals surface area contributed by atoms with Gasteiger partial charge in [-0.25, -0.2) is 4.79 Å². The fraction of sp³-hybridized carbons (Fsp3) is 0.733. The van der Waals surface area contributed by atoms with Gasteiger partial charge in [-0.2, -0.15) is 0 Å². The number of thioether (sulfide) groups is 1. The first-order chi connectivity index (χ1) is 19.2. The lowest BCUT2D eigenvalue weighted by atomic mass is 10.0. The molecule has 0 radical (unpaired) electrons. The number of nitrogens with zero attached hydrogens (tertiary/aromatic N) is 2. The van der Waals surface area contributed by atoms with E-state index < -0.39 is 25.5 Å². The van der Waals surface area contributed by atoms with Crippen molar-refractivity contribution in [2.45, 2.75) is 110 Å². The number of carbonyl (C=O) groups is 1. The van der Waals surface area contributed by atoms with Gasteiger partial charge in [0.25, 0.3) is 0 Å². The third-order valence-corrected chi connectivity index (χ3v) is 13.8. The topological polar surface area (TPSA) is 112 Å². The molecule has 0 bridgehead atoms. The van der Waals surface area contributed by atoms with Gasteiger partial charge in [0.15, 0.2) is 8.32 Å². The predicted octanol–water partition coefficient (Wildman–Crippen LogP) is 6.48. The number of aliphatic imine (C=N–C) groups is 1. The summed E-state index contributed by atoms with van der Waals surface area (Å²) in [5.74, 6) is 1.71. The average Bonchev–Trinajstić information content (AvgIpc) is 3.64. The normalized spacial score (nSPS) is 20.5. The van der Waals surface area contributed by atoms with Gasteiger partial charge in [0.1, 0.15) is 34.4 Å². The van der Waals surface area contributed by atoms with Crippen LogP contribution >= 0.6 is 11.8 Å². The molecule has 1 N–H and O–H groups in total. The summed E-state index contributed by atoms with van der Waals surface area (Å²) in [5.41, 5.74) is -0.799. The van der Waals surface area contributed by atoms with Gasteiger partial charge in [-0.15, -0.1) is 11.8 Å². The molecule has 0 saturated heterocycles. The molecule has 11 heteroatoms. The van der Waals surface area contributed by atoms with Crippen molar-refractivity contribution in [3.05, 3.63) is 28.3 Å². The number of carbonyl (C=O) groups excluding carboxylic acids is 1. The Hall–Kier alpha value is -2.11. The number of hydrogen-bond donors (Lipinski definition) is 1. The highest BCUT2D eigenvalue weighted by molar-refractivity contribution is 8.16. The van der Waals surface area contributed by atoms with E-state index in [2.05, 4.69) is 44.3 Å². The molecule has 0 unspecified atom stereocenters. The van der Waals surface area contributed by atoms with Crippen LogP contribution in [0, 0.1) is 5.92 Å². The van der Waals surface area contributed by atoms with Gasteiger partial charge in [0, 0.05) is 18.4 Å². The Kier molecular flexibility index (Phi) is 11.7. The van der Waals surface area contributed by atoms with Crippen molar-refractivity contribution in [3.8, 4) is 5.75 Å². The highest BCUT2D eigenvalue weighted by Crippen LogP contribution is 2.36. The molecule has 1 aromatic rings. The minimum Gasteiger partial charge on any atom is -0.493 e. The van der Waals surface area contributed by atoms with Crippen molar-refractivity contribution >= 4 is 36.7 Å². The van der Waals surface area contributed by atoms with Crippen molar-refractivity contribution in [3.63, 3.8) is 0 Å². The molecule has 230 valence electrons. The fourth-order valence-corrected chi connectivity index (χ4v) is 6.12. The molecule has 2 aliphatic rings. The van der Waals surface area contributed by atoms with Crippen molar-refractivity contribution in [1.29, 1.82) is 0 Å². The van der Waals surface area contributed by atoms with Crippen LogP contribution in [0.4, 0.5) is 0 Å². The second-order valence-electron chi connectivity index (χ2n) is 12.9. The van der Waals surface area contributed by atoms with Gasteiger partial charge in [-0.05, 0) is 70.0 Å². The SMILES string of the molecule is CCC[C@@H](NC(=O)[C@]1(C)CSC(/C(C)=N/OCCCCO[Si](C)(C)C(C)(C)C)=N1)c1cc(OCC2CC2)cc(=O)o1. The Balaban J connectivity index is 1.53. The van der Waals surface area contributed by atoms with E-state index in [0.29, 0.717) is 53.6 Å². The molecule has 2 heterocycles. The van der Waals surface area contributed by atoms with Crippen LogP contribution < -0.4 is 15.7 Å². The lowest BCUT2D eigenvalue weighted by molar-refractivity contribution is -0.125. The summed E-state index contributed by atoms with van der Waals surface area (Å²) >= 11 is 1.49. The fourth-order valence-electron chi connectivity index (χ4n) is 3.91. The van der Waals surface area contributed by atoms with Gasteiger partial charge >= 0.3 is 5.63 Å². The number of oxime groups is 1. The van der Waals surface area contributed by atoms with E-state index in [9.17, 15) is 9.59 Å². The maximum Gasteiger partial charge on any atom is 0.339 e. The van der Waals surface area contributed by atoms with Crippen LogP contribution in [0.3, 0.4) is 0 Å². The first-order valence-corrected chi connectivity index (χ1v) is 18.8. The second-order valence-corrected chi connectivity index (χ2v) is 18.7. The molecule has 1 aliphatic heterocycles. The molecule has 41 heavy (non-hydrogen) atoms. The summed E-state index contributed by atoms with van der Waals surface area (Å²) in [4.78, 5) is 35.9. The number of nitrogens with one attached hydrogen (secondary N) is 1. The maximum absolute atomic E-state index is 13.4. The third-order valence-electron chi connectivity index (χ3n) is 7.91. The number of ether oxygens (including phenoxy) is 1. The van der Waals surface area contributed by atoms with Crippen LogP contribution in [0.1, 0.15) is 91.9 Å². The lowest BCUT2D eigenvalue weighted by Crippen LogP contribution is -2.45. The Morgan fingerprint density at radius 2 is 1.98 bits per heavy atom. The Morgan fingerprint density at radius 1 is 1.27 bits per heavy atom. The van der Waals surface area contributed by atoms with Gasteiger partial charge in [-0.3, -0.25) is 9.79 Å². The molecule has 9 nitrogen and oxygen atoms in total. The zero-order valence-electron chi connectivity index (χ0n) is 26.1. The molecular formula is C30H49N3O6SSi. The van der Waals surface area contributed by atoms with Gasteiger partial charge in [0.05, 0.1) is 18.7 Å². The predicted molar refractivity (Wildman–Crippen MR) is 169 cm³/mol. The van der Waals surface area contributed by atoms with Crippen LogP contribution in [0.5, 0.6) is 5.75 Å². The van der Waals surface area contributed by atoms with Crippen LogP contribution in [0.25, 0.3) is 0 Å². The lowest BCUT2D eigenvalue weighted by Gasteiger charge is -2.36. The van der Waals surface area contributed by atoms with Crippen LogP contribution in [0.15, 0.2) is 31.5 Å². The number of hydrogen-bond acceptors (Lipinski definition) is 9. The monoisotopic (exact) mass is 607 g/mol. The van der Waals surface area contributed by atoms with Crippen molar-refractivity contribution in [2.75, 3.05) is 25.6 Å². The largest absolute Gasteiger partial charge is 0.493 e. The van der Waals surface area contributed by atoms with E-state index in [1.807, 2.05) is 20.8 Å². The zero-order valence-corrected chi connectivity index (χ0v) is 27.9. The summed E-state index contributed by atoms with van der Waals surface area (Å²) < 4.78 is 17.5. The van der Waals surface area contributed by atoms with E-state index in [-0.39, 0.29) is 10.9 Å². The van der Waals surface area contributed by atoms with E-state index >= 15 is 0 Å². The first kappa shape index (κ1) is 33.4. The minimum absolute atomic E-state index is 0.206. The quantitative estimate of drug-likeness (QED) is 0.0990. The Labute approximate surface area is 250 Å². The summed E-state index contributed by atoms with van der Waals surface area (Å²) in [6.07, 6.45) is 5.51. The number of rotatable bonds is 16. The van der Waals surface area contributed by atoms with E-state index in [0.717, 1.165) is 38.7 Å². The molecule has 0 spiro atoms. The van der Waals surface area contributed by atoms with Crippen LogP contribution in [-0.4, -0.2) is 56.1 Å². The van der Waals surface area contributed by atoms with E-state index in [1.165, 1.54) is 17.8 Å². The summed E-state index contributed by atoms with van der Waals surface area (Å²) in [7, 11) is -1.72. The van der Waals surface area contributed by atoms with E-state index in [4.69, 9.17) is 23.4 Å². The molecule has 1 fully saturated rings. The van der Waals surface area contributed by atoms with Crippen LogP contribution in [-0.2, 0) is 14.1 Å². The summed E-state index contributed by atoms with van der Waals surface area (Å²) in [5, 5.41) is 8.22. The molecule has 1 saturated carbocycles. The van der Waals surface area contributed by atoms with Crippen molar-refractivity contribution in [2.24, 2.45) is 16.1 Å². The zero-order chi connectivity index (χ0) is 30.3. The second kappa shape index (κ2) is 14.4. The Bertz CT molecular complexity index is 1160. The molecule has 1 aliphatic carbocycles. The molecular weight excluding hydrogens is 558 g/mol. The Morgan fingerprint density at radius 3 is 2.63 bits per heavy atom. The highest BCUT2D eigenvalue weighted by atomic mass is 32.2. The molecule has 1 amide bonds. The first-order valence-electron chi connectivity index (χ1n) is 14.9. The van der Waals surface area contributed by atoms with Gasteiger partial charge in [0.2, 0.25) is 5.91 Å². The molecule has 2 atom stereocenters. The smallest absolute Gasteiger partial charge is 0.339 e. The summed E-state index contributed by atoms with van der Waals surface area (Å²) in [6.45, 7) is 18.8. The molecule has 1 aromatic heterocycles. The number of amides is 1. The maximum atomic E-state index is 13.4. The van der Waals surface area contributed by atoms with Crippen molar-refractivity contribution in [1.82, 2.24) is 5.32 Å². The number of unbranched alkanes of at least 4 members (excludes halogenated alkanes) is 1.